The molecule has 0 saturated carbocycles. The van der Waals surface area contributed by atoms with Gasteiger partial charge in [-0.3, -0.25) is 4.79 Å². The Morgan fingerprint density at radius 1 is 1.28 bits per heavy atom. The third-order valence-electron chi connectivity index (χ3n) is 5.86. The molecule has 1 aliphatic heterocycles. The summed E-state index contributed by atoms with van der Waals surface area (Å²) < 4.78 is 5.30. The van der Waals surface area contributed by atoms with E-state index in [1.54, 1.807) is 7.11 Å². The van der Waals surface area contributed by atoms with E-state index in [1.807, 2.05) is 24.3 Å². The number of carbonyl (C=O) groups excluding carboxylic acids is 1. The Kier molecular flexibility index (Phi) is 6.31. The standard InChI is InChI=1S/C23H29N3O2S/c1-3-18-7-4-5-11-26(18)12-6-10-24-22(27)21-15-17-13-16-14-19(28-2)8-9-20(16)25-23(17)29-21/h8-9,13-15,18H,3-7,10-12H2,1-2H3,(H,24,27)/t18-/m0/s1. The van der Waals surface area contributed by atoms with Gasteiger partial charge in [0.1, 0.15) is 10.6 Å². The average molecular weight is 412 g/mol. The van der Waals surface area contributed by atoms with Crippen LogP contribution in [0.5, 0.6) is 5.75 Å². The predicted molar refractivity (Wildman–Crippen MR) is 120 cm³/mol. The molecular formula is C23H29N3O2S. The number of fused-ring (bicyclic) bond motifs is 2. The molecule has 0 radical (unpaired) electrons. The zero-order chi connectivity index (χ0) is 20.2. The Morgan fingerprint density at radius 2 is 2.17 bits per heavy atom. The summed E-state index contributed by atoms with van der Waals surface area (Å²) >= 11 is 1.46. The van der Waals surface area contributed by atoms with Crippen LogP contribution in [0.15, 0.2) is 30.3 Å². The second kappa shape index (κ2) is 9.09. The summed E-state index contributed by atoms with van der Waals surface area (Å²) in [4.78, 5) is 21.5. The van der Waals surface area contributed by atoms with E-state index in [-0.39, 0.29) is 5.91 Å². The fourth-order valence-electron chi connectivity index (χ4n) is 4.24. The van der Waals surface area contributed by atoms with Crippen molar-refractivity contribution in [1.82, 2.24) is 15.2 Å². The number of methoxy groups -OCH3 is 1. The Balaban J connectivity index is 1.37. The Morgan fingerprint density at radius 3 is 3.00 bits per heavy atom. The third-order valence-corrected chi connectivity index (χ3v) is 6.90. The van der Waals surface area contributed by atoms with Gasteiger partial charge in [-0.1, -0.05) is 13.3 Å². The van der Waals surface area contributed by atoms with Crippen molar-refractivity contribution < 1.29 is 9.53 Å². The highest BCUT2D eigenvalue weighted by Gasteiger charge is 2.20. The second-order valence-electron chi connectivity index (χ2n) is 7.76. The van der Waals surface area contributed by atoms with Crippen LogP contribution in [0.2, 0.25) is 0 Å². The van der Waals surface area contributed by atoms with Crippen LogP contribution >= 0.6 is 11.3 Å². The van der Waals surface area contributed by atoms with Gasteiger partial charge in [0.2, 0.25) is 0 Å². The van der Waals surface area contributed by atoms with E-state index in [9.17, 15) is 4.79 Å². The van der Waals surface area contributed by atoms with Crippen molar-refractivity contribution in [3.05, 3.63) is 35.2 Å². The zero-order valence-corrected chi connectivity index (χ0v) is 18.1. The minimum Gasteiger partial charge on any atom is -0.497 e. The topological polar surface area (TPSA) is 54.5 Å². The molecule has 154 valence electrons. The maximum atomic E-state index is 12.6. The van der Waals surface area contributed by atoms with E-state index in [2.05, 4.69) is 23.2 Å². The molecule has 3 aromatic rings. The smallest absolute Gasteiger partial charge is 0.261 e. The Bertz CT molecular complexity index is 1000. The number of pyridine rings is 1. The molecular weight excluding hydrogens is 382 g/mol. The summed E-state index contributed by atoms with van der Waals surface area (Å²) in [6.45, 7) is 5.26. The highest BCUT2D eigenvalue weighted by molar-refractivity contribution is 7.20. The van der Waals surface area contributed by atoms with Gasteiger partial charge < -0.3 is 15.0 Å². The molecule has 2 aromatic heterocycles. The fourth-order valence-corrected chi connectivity index (χ4v) is 5.18. The van der Waals surface area contributed by atoms with Crippen molar-refractivity contribution in [3.8, 4) is 5.75 Å². The lowest BCUT2D eigenvalue weighted by molar-refractivity contribution is 0.0951. The maximum absolute atomic E-state index is 12.6. The van der Waals surface area contributed by atoms with Crippen LogP contribution in [0.25, 0.3) is 21.1 Å². The Labute approximate surface area is 176 Å². The van der Waals surface area contributed by atoms with E-state index in [1.165, 1.54) is 43.6 Å². The van der Waals surface area contributed by atoms with Crippen LogP contribution in [0.3, 0.4) is 0 Å². The first kappa shape index (κ1) is 20.1. The molecule has 1 N–H and O–H groups in total. The number of aromatic nitrogens is 1. The van der Waals surface area contributed by atoms with Crippen molar-refractivity contribution in [2.75, 3.05) is 26.7 Å². The number of rotatable bonds is 7. The van der Waals surface area contributed by atoms with Crippen molar-refractivity contribution in [1.29, 1.82) is 0 Å². The summed E-state index contributed by atoms with van der Waals surface area (Å²) in [5, 5.41) is 5.11. The first-order chi connectivity index (χ1) is 14.2. The van der Waals surface area contributed by atoms with Gasteiger partial charge in [0.05, 0.1) is 17.5 Å². The van der Waals surface area contributed by atoms with Crippen LogP contribution in [0.1, 0.15) is 48.7 Å². The summed E-state index contributed by atoms with van der Waals surface area (Å²) in [6, 6.07) is 10.6. The van der Waals surface area contributed by atoms with Gasteiger partial charge in [0, 0.05) is 29.9 Å². The van der Waals surface area contributed by atoms with Crippen LogP contribution in [-0.4, -0.2) is 48.6 Å². The molecule has 1 saturated heterocycles. The van der Waals surface area contributed by atoms with Gasteiger partial charge in [-0.25, -0.2) is 4.98 Å². The zero-order valence-electron chi connectivity index (χ0n) is 17.2. The number of hydrogen-bond donors (Lipinski definition) is 1. The van der Waals surface area contributed by atoms with Crippen LogP contribution in [-0.2, 0) is 0 Å². The highest BCUT2D eigenvalue weighted by Crippen LogP contribution is 2.29. The van der Waals surface area contributed by atoms with E-state index >= 15 is 0 Å². The monoisotopic (exact) mass is 411 g/mol. The molecule has 0 spiro atoms. The van der Waals surface area contributed by atoms with Gasteiger partial charge >= 0.3 is 0 Å². The van der Waals surface area contributed by atoms with Crippen molar-refractivity contribution >= 4 is 38.4 Å². The van der Waals surface area contributed by atoms with Crippen molar-refractivity contribution in [2.45, 2.75) is 45.1 Å². The normalized spacial score (nSPS) is 17.7. The number of carbonyl (C=O) groups is 1. The Hall–Kier alpha value is -2.18. The molecule has 0 bridgehead atoms. The lowest BCUT2D eigenvalue weighted by atomic mass is 10.00. The summed E-state index contributed by atoms with van der Waals surface area (Å²) in [6.07, 6.45) is 6.19. The minimum absolute atomic E-state index is 0.000298. The van der Waals surface area contributed by atoms with Gasteiger partial charge in [0.25, 0.3) is 5.91 Å². The number of nitrogens with one attached hydrogen (secondary N) is 1. The van der Waals surface area contributed by atoms with Gasteiger partial charge in [-0.15, -0.1) is 11.3 Å². The SMILES string of the molecule is CC[C@H]1CCCCN1CCCNC(=O)c1cc2cc3cc(OC)ccc3nc2s1. The largest absolute Gasteiger partial charge is 0.497 e. The molecule has 3 heterocycles. The first-order valence-electron chi connectivity index (χ1n) is 10.6. The van der Waals surface area contributed by atoms with Crippen molar-refractivity contribution in [2.24, 2.45) is 0 Å². The molecule has 0 aliphatic carbocycles. The summed E-state index contributed by atoms with van der Waals surface area (Å²) in [5.74, 6) is 0.811. The van der Waals surface area contributed by atoms with Gasteiger partial charge in [-0.05, 0) is 62.6 Å². The summed E-state index contributed by atoms with van der Waals surface area (Å²) in [7, 11) is 1.66. The number of ether oxygens (including phenoxy) is 1. The molecule has 1 amide bonds. The first-order valence-corrected chi connectivity index (χ1v) is 11.4. The molecule has 6 heteroatoms. The molecule has 1 fully saturated rings. The number of amides is 1. The molecule has 0 unspecified atom stereocenters. The molecule has 1 aromatic carbocycles. The number of likely N-dealkylation sites (tertiary alicyclic amines) is 1. The predicted octanol–water partition coefficient (Wildman–Crippen LogP) is 4.84. The van der Waals surface area contributed by atoms with E-state index in [0.717, 1.165) is 50.8 Å². The van der Waals surface area contributed by atoms with Gasteiger partial charge in [0.15, 0.2) is 0 Å². The van der Waals surface area contributed by atoms with Crippen molar-refractivity contribution in [3.63, 3.8) is 0 Å². The lowest BCUT2D eigenvalue weighted by Gasteiger charge is -2.35. The quantitative estimate of drug-likeness (QED) is 0.565. The minimum atomic E-state index is 0.000298. The third kappa shape index (κ3) is 4.54. The van der Waals surface area contributed by atoms with Crippen LogP contribution < -0.4 is 10.1 Å². The van der Waals surface area contributed by atoms with Crippen LogP contribution in [0, 0.1) is 0 Å². The fraction of sp³-hybridized carbons (Fsp3) is 0.478. The molecule has 5 nitrogen and oxygen atoms in total. The molecule has 1 aliphatic rings. The number of thiophene rings is 1. The second-order valence-corrected chi connectivity index (χ2v) is 8.79. The van der Waals surface area contributed by atoms with Gasteiger partial charge in [-0.2, -0.15) is 0 Å². The van der Waals surface area contributed by atoms with E-state index < -0.39 is 0 Å². The molecule has 4 rings (SSSR count). The maximum Gasteiger partial charge on any atom is 0.261 e. The van der Waals surface area contributed by atoms with E-state index in [0.29, 0.717) is 6.54 Å². The van der Waals surface area contributed by atoms with Crippen LogP contribution in [0.4, 0.5) is 0 Å². The number of nitrogens with zero attached hydrogens (tertiary/aromatic N) is 2. The number of piperidine rings is 1. The average Bonchev–Trinajstić information content (AvgIpc) is 3.17. The molecule has 1 atom stereocenters. The molecule has 29 heavy (non-hydrogen) atoms. The summed E-state index contributed by atoms with van der Waals surface area (Å²) in [5.41, 5.74) is 0.916. The number of benzene rings is 1. The number of hydrogen-bond acceptors (Lipinski definition) is 5. The highest BCUT2D eigenvalue weighted by atomic mass is 32.1. The van der Waals surface area contributed by atoms with E-state index in [4.69, 9.17) is 9.72 Å². The lowest BCUT2D eigenvalue weighted by Crippen LogP contribution is -2.40.